The SMILES string of the molecule is Cc1nc(C(=O)N2CCC(C)CC2CN)nn1-c1ccccc1C(C)C. The number of benzene rings is 1. The molecule has 3 rings (SSSR count). The van der Waals surface area contributed by atoms with Crippen molar-refractivity contribution in [3.63, 3.8) is 0 Å². The Balaban J connectivity index is 1.92. The summed E-state index contributed by atoms with van der Waals surface area (Å²) in [6, 6.07) is 8.20. The van der Waals surface area contributed by atoms with E-state index in [0.29, 0.717) is 18.4 Å². The number of likely N-dealkylation sites (tertiary alicyclic amines) is 1. The molecule has 0 aliphatic carbocycles. The molecule has 2 N–H and O–H groups in total. The highest BCUT2D eigenvalue weighted by Gasteiger charge is 2.32. The second-order valence-electron chi connectivity index (χ2n) is 7.63. The van der Waals surface area contributed by atoms with Crippen molar-refractivity contribution in [3.05, 3.63) is 41.5 Å². The molecule has 26 heavy (non-hydrogen) atoms. The fourth-order valence-corrected chi connectivity index (χ4v) is 3.75. The minimum absolute atomic E-state index is 0.0708. The van der Waals surface area contributed by atoms with Crippen LogP contribution in [0.15, 0.2) is 24.3 Å². The molecule has 2 heterocycles. The number of carbonyl (C=O) groups excluding carboxylic acids is 1. The second kappa shape index (κ2) is 7.58. The molecule has 1 aliphatic rings. The standard InChI is InChI=1S/C20H29N5O/c1-13(2)17-7-5-6-8-18(17)25-15(4)22-19(23-25)20(26)24-10-9-14(3)11-16(24)12-21/h5-8,13-14,16H,9-12,21H2,1-4H3. The highest BCUT2D eigenvalue weighted by atomic mass is 16.2. The van der Waals surface area contributed by atoms with E-state index in [2.05, 4.69) is 36.9 Å². The quantitative estimate of drug-likeness (QED) is 0.915. The van der Waals surface area contributed by atoms with Gasteiger partial charge in [-0.1, -0.05) is 39.0 Å². The summed E-state index contributed by atoms with van der Waals surface area (Å²) < 4.78 is 1.78. The number of hydrogen-bond donors (Lipinski definition) is 1. The van der Waals surface area contributed by atoms with E-state index in [1.807, 2.05) is 30.0 Å². The van der Waals surface area contributed by atoms with Crippen LogP contribution < -0.4 is 5.73 Å². The monoisotopic (exact) mass is 355 g/mol. The molecular weight excluding hydrogens is 326 g/mol. The third kappa shape index (κ3) is 3.51. The maximum atomic E-state index is 13.0. The largest absolute Gasteiger partial charge is 0.332 e. The van der Waals surface area contributed by atoms with Crippen LogP contribution in [0, 0.1) is 12.8 Å². The lowest BCUT2D eigenvalue weighted by molar-refractivity contribution is 0.0561. The van der Waals surface area contributed by atoms with E-state index in [-0.39, 0.29) is 17.8 Å². The zero-order chi connectivity index (χ0) is 18.8. The van der Waals surface area contributed by atoms with Crippen molar-refractivity contribution < 1.29 is 4.79 Å². The summed E-state index contributed by atoms with van der Waals surface area (Å²) in [5, 5.41) is 4.56. The second-order valence-corrected chi connectivity index (χ2v) is 7.63. The van der Waals surface area contributed by atoms with Gasteiger partial charge >= 0.3 is 0 Å². The average Bonchev–Trinajstić information content (AvgIpc) is 3.02. The molecule has 6 heteroatoms. The van der Waals surface area contributed by atoms with Crippen molar-refractivity contribution >= 4 is 5.91 Å². The molecule has 0 bridgehead atoms. The van der Waals surface area contributed by atoms with Crippen LogP contribution >= 0.6 is 0 Å². The molecule has 140 valence electrons. The van der Waals surface area contributed by atoms with Gasteiger partial charge in [-0.25, -0.2) is 9.67 Å². The fraction of sp³-hybridized carbons (Fsp3) is 0.550. The Hall–Kier alpha value is -2.21. The number of piperidine rings is 1. The number of nitrogens with zero attached hydrogens (tertiary/aromatic N) is 4. The zero-order valence-electron chi connectivity index (χ0n) is 16.1. The van der Waals surface area contributed by atoms with Gasteiger partial charge in [0.15, 0.2) is 0 Å². The Bertz CT molecular complexity index is 782. The zero-order valence-corrected chi connectivity index (χ0v) is 16.1. The van der Waals surface area contributed by atoms with Crippen LogP contribution in [0.2, 0.25) is 0 Å². The third-order valence-electron chi connectivity index (χ3n) is 5.26. The molecule has 0 spiro atoms. The van der Waals surface area contributed by atoms with E-state index in [1.54, 1.807) is 4.68 Å². The number of aryl methyl sites for hydroxylation is 1. The average molecular weight is 355 g/mol. The summed E-state index contributed by atoms with van der Waals surface area (Å²) in [4.78, 5) is 19.3. The Morgan fingerprint density at radius 2 is 2.08 bits per heavy atom. The molecule has 1 fully saturated rings. The smallest absolute Gasteiger partial charge is 0.293 e. The van der Waals surface area contributed by atoms with Gasteiger partial charge < -0.3 is 10.6 Å². The number of para-hydroxylation sites is 1. The van der Waals surface area contributed by atoms with Crippen LogP contribution in [0.1, 0.15) is 61.5 Å². The fourth-order valence-electron chi connectivity index (χ4n) is 3.75. The molecule has 0 radical (unpaired) electrons. The summed E-state index contributed by atoms with van der Waals surface area (Å²) in [7, 11) is 0. The predicted molar refractivity (Wildman–Crippen MR) is 102 cm³/mol. The Kier molecular flexibility index (Phi) is 5.41. The van der Waals surface area contributed by atoms with Crippen LogP contribution in [-0.4, -0.2) is 44.7 Å². The molecular formula is C20H29N5O. The topological polar surface area (TPSA) is 77.0 Å². The minimum atomic E-state index is -0.115. The van der Waals surface area contributed by atoms with Crippen molar-refractivity contribution in [1.29, 1.82) is 0 Å². The highest BCUT2D eigenvalue weighted by molar-refractivity contribution is 5.90. The van der Waals surface area contributed by atoms with Gasteiger partial charge in [0.1, 0.15) is 5.82 Å². The van der Waals surface area contributed by atoms with E-state index in [1.165, 1.54) is 5.56 Å². The number of carbonyl (C=O) groups is 1. The first-order chi connectivity index (χ1) is 12.4. The van der Waals surface area contributed by atoms with Gasteiger partial charge in [-0.3, -0.25) is 4.79 Å². The van der Waals surface area contributed by atoms with Gasteiger partial charge in [-0.2, -0.15) is 0 Å². The Morgan fingerprint density at radius 3 is 2.77 bits per heavy atom. The lowest BCUT2D eigenvalue weighted by Crippen LogP contribution is -2.49. The van der Waals surface area contributed by atoms with Crippen molar-refractivity contribution in [2.45, 2.75) is 52.5 Å². The number of amides is 1. The Labute approximate surface area is 155 Å². The number of hydrogen-bond acceptors (Lipinski definition) is 4. The normalized spacial score (nSPS) is 20.6. The van der Waals surface area contributed by atoms with Crippen LogP contribution in [0.5, 0.6) is 0 Å². The maximum Gasteiger partial charge on any atom is 0.293 e. The summed E-state index contributed by atoms with van der Waals surface area (Å²) in [6.07, 6.45) is 1.94. The first-order valence-electron chi connectivity index (χ1n) is 9.46. The van der Waals surface area contributed by atoms with Crippen molar-refractivity contribution in [2.24, 2.45) is 11.7 Å². The van der Waals surface area contributed by atoms with Crippen molar-refractivity contribution in [2.75, 3.05) is 13.1 Å². The molecule has 1 aliphatic heterocycles. The molecule has 2 aromatic rings. The molecule has 6 nitrogen and oxygen atoms in total. The van der Waals surface area contributed by atoms with Crippen molar-refractivity contribution in [3.8, 4) is 5.69 Å². The van der Waals surface area contributed by atoms with Gasteiger partial charge in [0, 0.05) is 19.1 Å². The number of rotatable bonds is 4. The number of aromatic nitrogens is 3. The molecule has 1 saturated heterocycles. The summed E-state index contributed by atoms with van der Waals surface area (Å²) in [6.45, 7) is 9.60. The summed E-state index contributed by atoms with van der Waals surface area (Å²) in [5.41, 5.74) is 8.08. The van der Waals surface area contributed by atoms with E-state index in [4.69, 9.17) is 5.73 Å². The molecule has 0 saturated carbocycles. The molecule has 2 unspecified atom stereocenters. The van der Waals surface area contributed by atoms with Crippen LogP contribution in [0.25, 0.3) is 5.69 Å². The van der Waals surface area contributed by atoms with Gasteiger partial charge in [-0.15, -0.1) is 5.10 Å². The summed E-state index contributed by atoms with van der Waals surface area (Å²) in [5.74, 6) is 1.82. The first-order valence-corrected chi connectivity index (χ1v) is 9.46. The molecule has 1 aromatic carbocycles. The van der Waals surface area contributed by atoms with E-state index in [0.717, 1.165) is 30.9 Å². The third-order valence-corrected chi connectivity index (χ3v) is 5.26. The number of nitrogens with two attached hydrogens (primary N) is 1. The molecule has 1 amide bonds. The highest BCUT2D eigenvalue weighted by Crippen LogP contribution is 2.25. The predicted octanol–water partition coefficient (Wildman–Crippen LogP) is 2.90. The van der Waals surface area contributed by atoms with Crippen LogP contribution in [0.4, 0.5) is 0 Å². The minimum Gasteiger partial charge on any atom is -0.332 e. The lowest BCUT2D eigenvalue weighted by Gasteiger charge is -2.37. The van der Waals surface area contributed by atoms with Gasteiger partial charge in [-0.05, 0) is 43.2 Å². The van der Waals surface area contributed by atoms with Crippen LogP contribution in [-0.2, 0) is 0 Å². The Morgan fingerprint density at radius 1 is 1.35 bits per heavy atom. The van der Waals surface area contributed by atoms with Crippen molar-refractivity contribution in [1.82, 2.24) is 19.7 Å². The summed E-state index contributed by atoms with van der Waals surface area (Å²) >= 11 is 0. The van der Waals surface area contributed by atoms with Gasteiger partial charge in [0.05, 0.1) is 5.69 Å². The molecule has 1 aromatic heterocycles. The first kappa shape index (κ1) is 18.6. The van der Waals surface area contributed by atoms with Gasteiger partial charge in [0.25, 0.3) is 5.91 Å². The van der Waals surface area contributed by atoms with E-state index in [9.17, 15) is 4.79 Å². The lowest BCUT2D eigenvalue weighted by atomic mass is 9.92. The van der Waals surface area contributed by atoms with E-state index >= 15 is 0 Å². The van der Waals surface area contributed by atoms with E-state index < -0.39 is 0 Å². The maximum absolute atomic E-state index is 13.0. The van der Waals surface area contributed by atoms with Crippen LogP contribution in [0.3, 0.4) is 0 Å². The molecule has 2 atom stereocenters. The van der Waals surface area contributed by atoms with Gasteiger partial charge in [0.2, 0.25) is 5.82 Å².